The maximum atomic E-state index is 13.1. The third-order valence-corrected chi connectivity index (χ3v) is 7.32. The van der Waals surface area contributed by atoms with Crippen LogP contribution in [0.25, 0.3) is 5.69 Å². The molecule has 0 aliphatic heterocycles. The Bertz CT molecular complexity index is 1450. The van der Waals surface area contributed by atoms with Crippen LogP contribution in [0.15, 0.2) is 94.6 Å². The number of nitrogens with zero attached hydrogens (tertiary/aromatic N) is 2. The maximum Gasteiger partial charge on any atom is 0.295 e. The van der Waals surface area contributed by atoms with Gasteiger partial charge in [-0.25, -0.2) is 4.68 Å². The molecule has 3 aromatic carbocycles. The highest BCUT2D eigenvalue weighted by Gasteiger charge is 2.19. The summed E-state index contributed by atoms with van der Waals surface area (Å²) >= 11 is 1.26. The zero-order chi connectivity index (χ0) is 26.4. The van der Waals surface area contributed by atoms with E-state index in [1.165, 1.54) is 16.4 Å². The smallest absolute Gasteiger partial charge is 0.295 e. The van der Waals surface area contributed by atoms with Crippen molar-refractivity contribution in [2.75, 3.05) is 17.6 Å². The van der Waals surface area contributed by atoms with E-state index in [9.17, 15) is 14.4 Å². The van der Waals surface area contributed by atoms with Gasteiger partial charge in [0.1, 0.15) is 5.69 Å². The highest BCUT2D eigenvalue weighted by molar-refractivity contribution is 8.00. The highest BCUT2D eigenvalue weighted by Crippen LogP contribution is 2.24. The van der Waals surface area contributed by atoms with Crippen LogP contribution in [0, 0.1) is 6.92 Å². The Hall–Kier alpha value is -4.04. The van der Waals surface area contributed by atoms with E-state index >= 15 is 0 Å². The lowest BCUT2D eigenvalue weighted by molar-refractivity contribution is -0.113. The standard InChI is InChI=1S/C29H30N4O3S/c1-20(22-12-6-4-7-13-22)18-30-28(35)24-16-10-11-17-25(24)37-19-26(34)31-27-21(2)32(3)33(29(27)36)23-14-8-5-9-15-23/h4-17,20H,18-19H2,1-3H3,(H,30,35)(H,31,34). The van der Waals surface area contributed by atoms with Gasteiger partial charge in [-0.1, -0.05) is 67.6 Å². The first kappa shape index (κ1) is 26.0. The van der Waals surface area contributed by atoms with Crippen molar-refractivity contribution in [2.45, 2.75) is 24.7 Å². The lowest BCUT2D eigenvalue weighted by atomic mass is 10.0. The molecule has 2 amide bonds. The van der Waals surface area contributed by atoms with E-state index in [0.717, 1.165) is 11.3 Å². The number of nitrogens with one attached hydrogen (secondary N) is 2. The second-order valence-corrected chi connectivity index (χ2v) is 9.81. The van der Waals surface area contributed by atoms with E-state index in [4.69, 9.17) is 0 Å². The van der Waals surface area contributed by atoms with Crippen LogP contribution in [0.3, 0.4) is 0 Å². The van der Waals surface area contributed by atoms with E-state index in [-0.39, 0.29) is 34.7 Å². The van der Waals surface area contributed by atoms with Crippen LogP contribution in [0.2, 0.25) is 0 Å². The van der Waals surface area contributed by atoms with Gasteiger partial charge in [-0.05, 0) is 42.7 Å². The Morgan fingerprint density at radius 2 is 1.54 bits per heavy atom. The molecule has 0 aliphatic rings. The van der Waals surface area contributed by atoms with Gasteiger partial charge in [0.05, 0.1) is 22.7 Å². The summed E-state index contributed by atoms with van der Waals surface area (Å²) in [6, 6.07) is 26.5. The third-order valence-electron chi connectivity index (χ3n) is 6.25. The molecule has 2 N–H and O–H groups in total. The predicted octanol–water partition coefficient (Wildman–Crippen LogP) is 4.75. The van der Waals surface area contributed by atoms with Crippen LogP contribution >= 0.6 is 11.8 Å². The Labute approximate surface area is 220 Å². The molecule has 0 fully saturated rings. The molecule has 0 aliphatic carbocycles. The van der Waals surface area contributed by atoms with E-state index in [1.807, 2.05) is 72.8 Å². The molecule has 7 nitrogen and oxygen atoms in total. The molecule has 1 unspecified atom stereocenters. The number of thioether (sulfide) groups is 1. The summed E-state index contributed by atoms with van der Waals surface area (Å²) in [4.78, 5) is 39.5. The fourth-order valence-corrected chi connectivity index (χ4v) is 4.90. The summed E-state index contributed by atoms with van der Waals surface area (Å²) in [5, 5.41) is 5.78. The van der Waals surface area contributed by atoms with E-state index in [2.05, 4.69) is 17.6 Å². The molecule has 190 valence electrons. The first-order valence-electron chi connectivity index (χ1n) is 12.1. The molecule has 8 heteroatoms. The van der Waals surface area contributed by atoms with E-state index in [1.54, 1.807) is 30.8 Å². The predicted molar refractivity (Wildman–Crippen MR) is 149 cm³/mol. The van der Waals surface area contributed by atoms with Crippen molar-refractivity contribution >= 4 is 29.3 Å². The normalized spacial score (nSPS) is 11.6. The molecule has 0 bridgehead atoms. The lowest BCUT2D eigenvalue weighted by Gasteiger charge is -2.14. The van der Waals surface area contributed by atoms with Crippen LogP contribution in [0.1, 0.15) is 34.5 Å². The van der Waals surface area contributed by atoms with Crippen LogP contribution in [0.4, 0.5) is 5.69 Å². The average Bonchev–Trinajstić information content (AvgIpc) is 3.14. The molecule has 1 heterocycles. The minimum absolute atomic E-state index is 0.0593. The van der Waals surface area contributed by atoms with Crippen LogP contribution in [0.5, 0.6) is 0 Å². The van der Waals surface area contributed by atoms with Crippen LogP contribution in [-0.4, -0.2) is 33.5 Å². The number of rotatable bonds is 9. The Kier molecular flexibility index (Phi) is 8.30. The second-order valence-electron chi connectivity index (χ2n) is 8.79. The number of para-hydroxylation sites is 1. The molecule has 4 rings (SSSR count). The van der Waals surface area contributed by atoms with Crippen LogP contribution < -0.4 is 16.2 Å². The van der Waals surface area contributed by atoms with Gasteiger partial charge in [0.2, 0.25) is 5.91 Å². The maximum absolute atomic E-state index is 13.1. The summed E-state index contributed by atoms with van der Waals surface area (Å²) < 4.78 is 3.24. The summed E-state index contributed by atoms with van der Waals surface area (Å²) in [6.07, 6.45) is 0. The number of carbonyl (C=O) groups excluding carboxylic acids is 2. The van der Waals surface area contributed by atoms with Crippen molar-refractivity contribution in [3.63, 3.8) is 0 Å². The van der Waals surface area contributed by atoms with Gasteiger partial charge < -0.3 is 10.6 Å². The van der Waals surface area contributed by atoms with Gasteiger partial charge in [0.25, 0.3) is 11.5 Å². The molecule has 37 heavy (non-hydrogen) atoms. The first-order chi connectivity index (χ1) is 17.9. The van der Waals surface area contributed by atoms with Crippen LogP contribution in [-0.2, 0) is 11.8 Å². The molecule has 0 radical (unpaired) electrons. The van der Waals surface area contributed by atoms with Crippen molar-refractivity contribution < 1.29 is 9.59 Å². The van der Waals surface area contributed by atoms with Gasteiger partial charge in [-0.15, -0.1) is 11.8 Å². The van der Waals surface area contributed by atoms with Crippen molar-refractivity contribution in [1.29, 1.82) is 0 Å². The minimum atomic E-state index is -0.316. The fraction of sp³-hybridized carbons (Fsp3) is 0.207. The summed E-state index contributed by atoms with van der Waals surface area (Å²) in [7, 11) is 1.78. The van der Waals surface area contributed by atoms with Crippen molar-refractivity contribution in [1.82, 2.24) is 14.7 Å². The van der Waals surface area contributed by atoms with Crippen molar-refractivity contribution in [3.8, 4) is 5.69 Å². The van der Waals surface area contributed by atoms with Gasteiger partial charge in [0, 0.05) is 18.5 Å². The molecule has 1 aromatic heterocycles. The van der Waals surface area contributed by atoms with Crippen molar-refractivity contribution in [3.05, 3.63) is 112 Å². The lowest BCUT2D eigenvalue weighted by Crippen LogP contribution is -2.28. The molecular weight excluding hydrogens is 484 g/mol. The molecule has 0 saturated heterocycles. The van der Waals surface area contributed by atoms with Gasteiger partial charge in [-0.2, -0.15) is 0 Å². The van der Waals surface area contributed by atoms with Gasteiger partial charge in [-0.3, -0.25) is 19.1 Å². The van der Waals surface area contributed by atoms with E-state index in [0.29, 0.717) is 22.7 Å². The van der Waals surface area contributed by atoms with Gasteiger partial charge >= 0.3 is 0 Å². The second kappa shape index (κ2) is 11.8. The zero-order valence-corrected chi connectivity index (χ0v) is 21.9. The summed E-state index contributed by atoms with van der Waals surface area (Å²) in [5.41, 5.74) is 3.00. The monoisotopic (exact) mass is 514 g/mol. The minimum Gasteiger partial charge on any atom is -0.351 e. The summed E-state index contributed by atoms with van der Waals surface area (Å²) in [5.74, 6) is -0.270. The Morgan fingerprint density at radius 3 is 2.24 bits per heavy atom. The van der Waals surface area contributed by atoms with E-state index < -0.39 is 0 Å². The zero-order valence-electron chi connectivity index (χ0n) is 21.1. The highest BCUT2D eigenvalue weighted by atomic mass is 32.2. The number of amides is 2. The Morgan fingerprint density at radius 1 is 0.919 bits per heavy atom. The number of aromatic nitrogens is 2. The summed E-state index contributed by atoms with van der Waals surface area (Å²) in [6.45, 7) is 4.36. The molecule has 4 aromatic rings. The topological polar surface area (TPSA) is 85.1 Å². The number of hydrogen-bond acceptors (Lipinski definition) is 4. The number of benzene rings is 3. The largest absolute Gasteiger partial charge is 0.351 e. The number of carbonyl (C=O) groups is 2. The van der Waals surface area contributed by atoms with Gasteiger partial charge in [0.15, 0.2) is 0 Å². The quantitative estimate of drug-likeness (QED) is 0.316. The molecule has 1 atom stereocenters. The molecule has 0 saturated carbocycles. The van der Waals surface area contributed by atoms with Crippen molar-refractivity contribution in [2.24, 2.45) is 7.05 Å². The average molecular weight is 515 g/mol. The molecular formula is C29H30N4O3S. The Balaban J connectivity index is 1.40. The first-order valence-corrected chi connectivity index (χ1v) is 13.0. The fourth-order valence-electron chi connectivity index (χ4n) is 4.05. The number of anilines is 1. The SMILES string of the molecule is Cc1c(NC(=O)CSc2ccccc2C(=O)NCC(C)c2ccccc2)c(=O)n(-c2ccccc2)n1C. The number of hydrogen-bond donors (Lipinski definition) is 2. The third kappa shape index (κ3) is 6.03. The molecule has 0 spiro atoms.